The predicted octanol–water partition coefficient (Wildman–Crippen LogP) is 1.73. The second kappa shape index (κ2) is 4.90. The van der Waals surface area contributed by atoms with Gasteiger partial charge in [0.05, 0.1) is 16.7 Å². The Hall–Kier alpha value is -1.07. The zero-order valence-electron chi connectivity index (χ0n) is 10.3. The van der Waals surface area contributed by atoms with E-state index in [4.69, 9.17) is 10.5 Å². The molecule has 5 heteroatoms. The Bertz CT molecular complexity index is 464. The second-order valence-electron chi connectivity index (χ2n) is 4.94. The molecular weight excluding hydrogens is 248 g/mol. The van der Waals surface area contributed by atoms with Gasteiger partial charge in [0.1, 0.15) is 0 Å². The third kappa shape index (κ3) is 2.12. The number of thiophene rings is 1. The summed E-state index contributed by atoms with van der Waals surface area (Å²) in [6.07, 6.45) is 5.53. The van der Waals surface area contributed by atoms with Gasteiger partial charge in [0.15, 0.2) is 0 Å². The summed E-state index contributed by atoms with van der Waals surface area (Å²) in [5, 5.41) is 3.63. The molecule has 18 heavy (non-hydrogen) atoms. The molecule has 1 amide bonds. The van der Waals surface area contributed by atoms with Gasteiger partial charge < -0.3 is 15.8 Å². The van der Waals surface area contributed by atoms with Crippen molar-refractivity contribution >= 4 is 22.2 Å². The number of carbonyl (C=O) groups excluding carboxylic acids is 1. The van der Waals surface area contributed by atoms with Crippen molar-refractivity contribution in [3.05, 3.63) is 16.0 Å². The molecule has 0 saturated carbocycles. The lowest BCUT2D eigenvalue weighted by Gasteiger charge is -2.11. The van der Waals surface area contributed by atoms with Gasteiger partial charge in [-0.2, -0.15) is 0 Å². The minimum absolute atomic E-state index is 0.0256. The minimum Gasteiger partial charge on any atom is -0.390 e. The molecular formula is C13H18N2O2S. The first kappa shape index (κ1) is 12.0. The highest BCUT2D eigenvalue weighted by atomic mass is 32.1. The predicted molar refractivity (Wildman–Crippen MR) is 72.1 cm³/mol. The van der Waals surface area contributed by atoms with Gasteiger partial charge in [-0.15, -0.1) is 11.3 Å². The Kier molecular flexibility index (Phi) is 3.26. The number of ether oxygens (including phenoxy) is 1. The van der Waals surface area contributed by atoms with Crippen LogP contribution in [0.25, 0.3) is 0 Å². The molecule has 1 aromatic heterocycles. The van der Waals surface area contributed by atoms with Gasteiger partial charge in [-0.05, 0) is 37.7 Å². The molecule has 0 radical (unpaired) electrons. The number of nitrogens with two attached hydrogens (primary N) is 1. The number of fused-ring (bicyclic) bond motifs is 1. The summed E-state index contributed by atoms with van der Waals surface area (Å²) in [6, 6.07) is 0. The van der Waals surface area contributed by atoms with Crippen LogP contribution in [0.2, 0.25) is 0 Å². The van der Waals surface area contributed by atoms with Crippen LogP contribution < -0.4 is 11.1 Å². The van der Waals surface area contributed by atoms with Crippen molar-refractivity contribution in [1.82, 2.24) is 5.32 Å². The molecule has 98 valence electrons. The van der Waals surface area contributed by atoms with Crippen molar-refractivity contribution in [3.8, 4) is 0 Å². The van der Waals surface area contributed by atoms with Crippen molar-refractivity contribution in [1.29, 1.82) is 0 Å². The smallest absolute Gasteiger partial charge is 0.254 e. The molecule has 1 aliphatic heterocycles. The molecule has 1 aromatic rings. The van der Waals surface area contributed by atoms with E-state index in [1.807, 2.05) is 0 Å². The molecule has 0 unspecified atom stereocenters. The number of aryl methyl sites for hydroxylation is 1. The van der Waals surface area contributed by atoms with Crippen LogP contribution in [-0.4, -0.2) is 25.2 Å². The first-order valence-corrected chi connectivity index (χ1v) is 7.37. The average molecular weight is 266 g/mol. The number of carbonyl (C=O) groups is 1. The van der Waals surface area contributed by atoms with Gasteiger partial charge in [-0.25, -0.2) is 0 Å². The van der Waals surface area contributed by atoms with Gasteiger partial charge in [0.2, 0.25) is 0 Å². The van der Waals surface area contributed by atoms with Crippen molar-refractivity contribution in [2.45, 2.75) is 38.2 Å². The summed E-state index contributed by atoms with van der Waals surface area (Å²) < 4.78 is 5.50. The first-order valence-electron chi connectivity index (χ1n) is 6.55. The Labute approximate surface area is 111 Å². The van der Waals surface area contributed by atoms with Gasteiger partial charge in [0.25, 0.3) is 5.91 Å². The maximum atomic E-state index is 12.2. The Morgan fingerprint density at radius 1 is 1.44 bits per heavy atom. The molecule has 1 saturated heterocycles. The number of anilines is 1. The summed E-state index contributed by atoms with van der Waals surface area (Å²) in [6.45, 7) is 1.42. The van der Waals surface area contributed by atoms with Crippen molar-refractivity contribution in [2.24, 2.45) is 0 Å². The van der Waals surface area contributed by atoms with Gasteiger partial charge >= 0.3 is 0 Å². The van der Waals surface area contributed by atoms with E-state index in [1.54, 1.807) is 11.3 Å². The maximum absolute atomic E-state index is 12.2. The summed E-state index contributed by atoms with van der Waals surface area (Å²) in [4.78, 5) is 13.5. The first-order chi connectivity index (χ1) is 8.75. The van der Waals surface area contributed by atoms with E-state index < -0.39 is 0 Å². The molecule has 1 fully saturated rings. The Morgan fingerprint density at radius 3 is 3.11 bits per heavy atom. The van der Waals surface area contributed by atoms with Crippen molar-refractivity contribution in [2.75, 3.05) is 18.9 Å². The molecule has 0 spiro atoms. The number of nitrogens with one attached hydrogen (secondary N) is 1. The zero-order valence-corrected chi connectivity index (χ0v) is 11.1. The highest BCUT2D eigenvalue weighted by Gasteiger charge is 2.26. The second-order valence-corrected chi connectivity index (χ2v) is 6.08. The van der Waals surface area contributed by atoms with E-state index in [2.05, 4.69) is 5.32 Å². The lowest BCUT2D eigenvalue weighted by molar-refractivity contribution is 0.0858. The van der Waals surface area contributed by atoms with Crippen LogP contribution in [0.5, 0.6) is 0 Å². The molecule has 3 rings (SSSR count). The fourth-order valence-corrected chi connectivity index (χ4v) is 3.93. The average Bonchev–Trinajstić information content (AvgIpc) is 3.01. The van der Waals surface area contributed by atoms with E-state index in [-0.39, 0.29) is 12.0 Å². The minimum atomic E-state index is -0.0256. The molecule has 2 aliphatic rings. The van der Waals surface area contributed by atoms with Crippen LogP contribution in [0.3, 0.4) is 0 Å². The lowest BCUT2D eigenvalue weighted by Crippen LogP contribution is -2.32. The Balaban J connectivity index is 1.68. The zero-order chi connectivity index (χ0) is 12.5. The largest absolute Gasteiger partial charge is 0.390 e. The van der Waals surface area contributed by atoms with Crippen LogP contribution in [0, 0.1) is 0 Å². The van der Waals surface area contributed by atoms with Crippen LogP contribution in [0.1, 0.15) is 40.1 Å². The molecule has 3 N–H and O–H groups in total. The van der Waals surface area contributed by atoms with Crippen molar-refractivity contribution in [3.63, 3.8) is 0 Å². The Morgan fingerprint density at radius 2 is 2.33 bits per heavy atom. The molecule has 1 aliphatic carbocycles. The fourth-order valence-electron chi connectivity index (χ4n) is 2.77. The third-order valence-electron chi connectivity index (χ3n) is 3.69. The number of nitrogen functional groups attached to an aromatic ring is 1. The standard InChI is InChI=1S/C13H18N2O2S/c14-12-11(9-4-1-5-10(9)18-12)13(16)15-7-8-3-2-6-17-8/h8H,1-7,14H2,(H,15,16)/t8-/m0/s1. The number of hydrogen-bond donors (Lipinski definition) is 2. The lowest BCUT2D eigenvalue weighted by atomic mass is 10.1. The van der Waals surface area contributed by atoms with Gasteiger partial charge in [0, 0.05) is 18.0 Å². The highest BCUT2D eigenvalue weighted by Crippen LogP contribution is 2.37. The normalized spacial score (nSPS) is 22.1. The van der Waals surface area contributed by atoms with E-state index in [1.165, 1.54) is 10.4 Å². The van der Waals surface area contributed by atoms with E-state index in [0.717, 1.165) is 44.3 Å². The van der Waals surface area contributed by atoms with Crippen molar-refractivity contribution < 1.29 is 9.53 Å². The molecule has 4 nitrogen and oxygen atoms in total. The van der Waals surface area contributed by atoms with E-state index in [9.17, 15) is 4.79 Å². The monoisotopic (exact) mass is 266 g/mol. The molecule has 0 bridgehead atoms. The summed E-state index contributed by atoms with van der Waals surface area (Å²) in [5.41, 5.74) is 7.87. The third-order valence-corrected chi connectivity index (χ3v) is 4.81. The summed E-state index contributed by atoms with van der Waals surface area (Å²) in [5.74, 6) is -0.0256. The molecule has 0 aromatic carbocycles. The van der Waals surface area contributed by atoms with Crippen LogP contribution >= 0.6 is 11.3 Å². The van der Waals surface area contributed by atoms with E-state index >= 15 is 0 Å². The number of hydrogen-bond acceptors (Lipinski definition) is 4. The highest BCUT2D eigenvalue weighted by molar-refractivity contribution is 7.16. The SMILES string of the molecule is Nc1sc2c(c1C(=O)NC[C@@H]1CCCO1)CCC2. The van der Waals surface area contributed by atoms with E-state index in [0.29, 0.717) is 11.5 Å². The summed E-state index contributed by atoms with van der Waals surface area (Å²) in [7, 11) is 0. The fraction of sp³-hybridized carbons (Fsp3) is 0.615. The number of amides is 1. The molecule has 2 heterocycles. The number of rotatable bonds is 3. The van der Waals surface area contributed by atoms with Crippen LogP contribution in [-0.2, 0) is 17.6 Å². The molecule has 1 atom stereocenters. The van der Waals surface area contributed by atoms with Gasteiger partial charge in [-0.1, -0.05) is 0 Å². The summed E-state index contributed by atoms with van der Waals surface area (Å²) >= 11 is 1.58. The van der Waals surface area contributed by atoms with Crippen LogP contribution in [0.15, 0.2) is 0 Å². The quantitative estimate of drug-likeness (QED) is 0.875. The van der Waals surface area contributed by atoms with Gasteiger partial charge in [-0.3, -0.25) is 4.79 Å². The topological polar surface area (TPSA) is 64.4 Å². The maximum Gasteiger partial charge on any atom is 0.254 e. The van der Waals surface area contributed by atoms with Crippen LogP contribution in [0.4, 0.5) is 5.00 Å².